The molecule has 1 aliphatic heterocycles. The molecule has 0 radical (unpaired) electrons. The molecule has 2 unspecified atom stereocenters. The van der Waals surface area contributed by atoms with E-state index < -0.39 is 9.84 Å². The number of sulfone groups is 1. The molecule has 2 N–H and O–H groups in total. The monoisotopic (exact) mass is 304 g/mol. The Kier molecular flexibility index (Phi) is 5.61. The van der Waals surface area contributed by atoms with E-state index in [4.69, 9.17) is 5.73 Å². The van der Waals surface area contributed by atoms with E-state index in [-0.39, 0.29) is 34.8 Å². The second-order valence-corrected chi connectivity index (χ2v) is 9.11. The molecule has 1 aliphatic rings. The van der Waals surface area contributed by atoms with Gasteiger partial charge >= 0.3 is 0 Å². The Morgan fingerprint density at radius 2 is 2.00 bits per heavy atom. The van der Waals surface area contributed by atoms with Gasteiger partial charge in [0.1, 0.15) is 0 Å². The minimum absolute atomic E-state index is 0.00650. The van der Waals surface area contributed by atoms with Crippen molar-refractivity contribution in [3.63, 3.8) is 0 Å². The van der Waals surface area contributed by atoms with Crippen LogP contribution in [0.3, 0.4) is 0 Å². The Bertz CT molecular complexity index is 440. The lowest BCUT2D eigenvalue weighted by Gasteiger charge is -2.33. The SMILES string of the molecule is CCN(C(=O)C(CN)CC(C)(C)C)C1CCS(=O)(=O)C1. The maximum absolute atomic E-state index is 12.6. The Labute approximate surface area is 122 Å². The van der Waals surface area contributed by atoms with Gasteiger partial charge in [-0.15, -0.1) is 0 Å². The molecule has 0 spiro atoms. The van der Waals surface area contributed by atoms with Crippen molar-refractivity contribution in [2.45, 2.75) is 46.6 Å². The van der Waals surface area contributed by atoms with E-state index in [1.807, 2.05) is 6.92 Å². The summed E-state index contributed by atoms with van der Waals surface area (Å²) in [7, 11) is -2.98. The summed E-state index contributed by atoms with van der Waals surface area (Å²) >= 11 is 0. The van der Waals surface area contributed by atoms with E-state index in [1.165, 1.54) is 0 Å². The highest BCUT2D eigenvalue weighted by atomic mass is 32.2. The third-order valence-corrected chi connectivity index (χ3v) is 5.52. The molecule has 0 aliphatic carbocycles. The number of nitrogens with two attached hydrogens (primary N) is 1. The van der Waals surface area contributed by atoms with Crippen LogP contribution in [0, 0.1) is 11.3 Å². The van der Waals surface area contributed by atoms with Crippen LogP contribution >= 0.6 is 0 Å². The Morgan fingerprint density at radius 3 is 2.35 bits per heavy atom. The summed E-state index contributed by atoms with van der Waals surface area (Å²) in [5, 5.41) is 0. The average molecular weight is 304 g/mol. The van der Waals surface area contributed by atoms with Crippen LogP contribution in [0.5, 0.6) is 0 Å². The van der Waals surface area contributed by atoms with Crippen LogP contribution in [0.25, 0.3) is 0 Å². The van der Waals surface area contributed by atoms with Crippen molar-refractivity contribution in [3.8, 4) is 0 Å². The molecule has 1 fully saturated rings. The maximum Gasteiger partial charge on any atom is 0.227 e. The van der Waals surface area contributed by atoms with E-state index in [0.29, 0.717) is 19.5 Å². The molecule has 0 aromatic rings. The molecule has 1 rings (SSSR count). The van der Waals surface area contributed by atoms with Crippen LogP contribution in [-0.2, 0) is 14.6 Å². The van der Waals surface area contributed by atoms with Crippen LogP contribution in [0.1, 0.15) is 40.5 Å². The molecule has 6 heteroatoms. The summed E-state index contributed by atoms with van der Waals surface area (Å²) in [6, 6.07) is -0.175. The molecule has 0 bridgehead atoms. The smallest absolute Gasteiger partial charge is 0.227 e. The predicted molar refractivity (Wildman–Crippen MR) is 81.1 cm³/mol. The van der Waals surface area contributed by atoms with Gasteiger partial charge in [0.15, 0.2) is 9.84 Å². The molecular weight excluding hydrogens is 276 g/mol. The summed E-state index contributed by atoms with van der Waals surface area (Å²) in [6.07, 6.45) is 1.27. The second-order valence-electron chi connectivity index (χ2n) is 6.88. The maximum atomic E-state index is 12.6. The first-order valence-corrected chi connectivity index (χ1v) is 9.12. The first-order chi connectivity index (χ1) is 9.09. The molecule has 5 nitrogen and oxygen atoms in total. The van der Waals surface area contributed by atoms with Gasteiger partial charge < -0.3 is 10.6 Å². The van der Waals surface area contributed by atoms with Crippen molar-refractivity contribution in [2.24, 2.45) is 17.1 Å². The fourth-order valence-electron chi connectivity index (χ4n) is 2.86. The van der Waals surface area contributed by atoms with Gasteiger partial charge in [0, 0.05) is 19.1 Å². The standard InChI is InChI=1S/C14H28N2O3S/c1-5-16(12-6-7-20(18,19)10-12)13(17)11(9-15)8-14(2,3)4/h11-12H,5-10,15H2,1-4H3. The van der Waals surface area contributed by atoms with Gasteiger partial charge in [0.05, 0.1) is 17.4 Å². The fraction of sp³-hybridized carbons (Fsp3) is 0.929. The third kappa shape index (κ3) is 4.74. The lowest BCUT2D eigenvalue weighted by atomic mass is 9.84. The lowest BCUT2D eigenvalue weighted by molar-refractivity contribution is -0.137. The van der Waals surface area contributed by atoms with E-state index in [1.54, 1.807) is 4.90 Å². The van der Waals surface area contributed by atoms with Crippen LogP contribution in [0.4, 0.5) is 0 Å². The highest BCUT2D eigenvalue weighted by Crippen LogP contribution is 2.27. The van der Waals surface area contributed by atoms with E-state index in [2.05, 4.69) is 20.8 Å². The normalized spacial score (nSPS) is 23.6. The van der Waals surface area contributed by atoms with Crippen LogP contribution in [0.2, 0.25) is 0 Å². The Balaban J connectivity index is 2.80. The lowest BCUT2D eigenvalue weighted by Crippen LogP contribution is -2.46. The quantitative estimate of drug-likeness (QED) is 0.822. The van der Waals surface area contributed by atoms with Crippen molar-refractivity contribution in [2.75, 3.05) is 24.6 Å². The van der Waals surface area contributed by atoms with Crippen molar-refractivity contribution in [3.05, 3.63) is 0 Å². The Hall–Kier alpha value is -0.620. The van der Waals surface area contributed by atoms with Crippen LogP contribution < -0.4 is 5.73 Å². The first kappa shape index (κ1) is 17.4. The average Bonchev–Trinajstić information content (AvgIpc) is 2.66. The second kappa shape index (κ2) is 6.43. The van der Waals surface area contributed by atoms with Gasteiger partial charge in [-0.25, -0.2) is 8.42 Å². The van der Waals surface area contributed by atoms with Crippen molar-refractivity contribution >= 4 is 15.7 Å². The minimum Gasteiger partial charge on any atom is -0.339 e. The molecule has 1 saturated heterocycles. The summed E-state index contributed by atoms with van der Waals surface area (Å²) < 4.78 is 23.2. The van der Waals surface area contributed by atoms with Gasteiger partial charge in [0.25, 0.3) is 0 Å². The number of nitrogens with zero attached hydrogens (tertiary/aromatic N) is 1. The topological polar surface area (TPSA) is 80.5 Å². The predicted octanol–water partition coefficient (Wildman–Crippen LogP) is 1.03. The zero-order valence-corrected chi connectivity index (χ0v) is 13.9. The zero-order chi connectivity index (χ0) is 15.6. The molecule has 118 valence electrons. The van der Waals surface area contributed by atoms with Gasteiger partial charge in [-0.3, -0.25) is 4.79 Å². The number of carbonyl (C=O) groups is 1. The van der Waals surface area contributed by atoms with Crippen molar-refractivity contribution < 1.29 is 13.2 Å². The van der Waals surface area contributed by atoms with E-state index in [9.17, 15) is 13.2 Å². The molecule has 2 atom stereocenters. The van der Waals surface area contributed by atoms with Crippen molar-refractivity contribution in [1.29, 1.82) is 0 Å². The summed E-state index contributed by atoms with van der Waals surface area (Å²) in [5.41, 5.74) is 5.79. The molecule has 0 saturated carbocycles. The van der Waals surface area contributed by atoms with Crippen LogP contribution in [-0.4, -0.2) is 49.9 Å². The summed E-state index contributed by atoms with van der Waals surface area (Å²) in [4.78, 5) is 14.3. The molecule has 20 heavy (non-hydrogen) atoms. The molecule has 0 aromatic heterocycles. The molecule has 1 amide bonds. The molecular formula is C14H28N2O3S. The highest BCUT2D eigenvalue weighted by molar-refractivity contribution is 7.91. The van der Waals surface area contributed by atoms with Gasteiger partial charge in [-0.05, 0) is 25.2 Å². The zero-order valence-electron chi connectivity index (χ0n) is 13.1. The van der Waals surface area contributed by atoms with E-state index >= 15 is 0 Å². The number of hydrogen-bond acceptors (Lipinski definition) is 4. The number of hydrogen-bond donors (Lipinski definition) is 1. The van der Waals surface area contributed by atoms with Gasteiger partial charge in [-0.2, -0.15) is 0 Å². The van der Waals surface area contributed by atoms with Crippen LogP contribution in [0.15, 0.2) is 0 Å². The van der Waals surface area contributed by atoms with Crippen molar-refractivity contribution in [1.82, 2.24) is 4.90 Å². The number of amides is 1. The number of rotatable bonds is 5. The van der Waals surface area contributed by atoms with Gasteiger partial charge in [-0.1, -0.05) is 20.8 Å². The van der Waals surface area contributed by atoms with E-state index in [0.717, 1.165) is 6.42 Å². The molecule has 0 aromatic carbocycles. The third-order valence-electron chi connectivity index (χ3n) is 3.77. The first-order valence-electron chi connectivity index (χ1n) is 7.30. The highest BCUT2D eigenvalue weighted by Gasteiger charge is 2.36. The Morgan fingerprint density at radius 1 is 1.40 bits per heavy atom. The summed E-state index contributed by atoms with van der Waals surface area (Å²) in [6.45, 7) is 9.00. The fourth-order valence-corrected chi connectivity index (χ4v) is 4.59. The summed E-state index contributed by atoms with van der Waals surface area (Å²) in [5.74, 6) is 0.0678. The number of carbonyl (C=O) groups excluding carboxylic acids is 1. The molecule has 1 heterocycles. The largest absolute Gasteiger partial charge is 0.339 e. The minimum atomic E-state index is -2.98. The van der Waals surface area contributed by atoms with Gasteiger partial charge in [0.2, 0.25) is 5.91 Å².